The Morgan fingerprint density at radius 2 is 1.50 bits per heavy atom. The Balaban J connectivity index is 1.43. The van der Waals surface area contributed by atoms with Crippen molar-refractivity contribution in [2.45, 2.75) is 0 Å². The van der Waals surface area contributed by atoms with E-state index in [4.69, 9.17) is 28.4 Å². The first-order valence-electron chi connectivity index (χ1n) is 10.9. The Kier molecular flexibility index (Phi) is 7.29. The topological polar surface area (TPSA) is 102 Å². The van der Waals surface area contributed by atoms with Gasteiger partial charge >= 0.3 is 0 Å². The molecule has 0 unspecified atom stereocenters. The quantitative estimate of drug-likeness (QED) is 0.441. The van der Waals surface area contributed by atoms with Gasteiger partial charge in [0.25, 0.3) is 5.91 Å². The second-order valence-electron chi connectivity index (χ2n) is 7.61. The molecular formula is C27H25NO8. The lowest BCUT2D eigenvalue weighted by molar-refractivity contribution is -0.118. The van der Waals surface area contributed by atoms with Gasteiger partial charge in [0.15, 0.2) is 12.4 Å². The van der Waals surface area contributed by atoms with E-state index in [1.165, 1.54) is 14.2 Å². The van der Waals surface area contributed by atoms with Crippen molar-refractivity contribution >= 4 is 23.5 Å². The van der Waals surface area contributed by atoms with Gasteiger partial charge in [0, 0.05) is 23.8 Å². The standard InChI is InChI=1S/C27H25NO8/c1-31-17-6-5-16(22(12-17)33-3)11-25-27(30)20-9-7-19(14-23(20)36-25)35-15-26(29)28-21-10-8-18(32-2)13-24(21)34-4/h5-14H,15H2,1-4H3,(H,28,29). The highest BCUT2D eigenvalue weighted by Gasteiger charge is 2.28. The van der Waals surface area contributed by atoms with Crippen LogP contribution < -0.4 is 33.7 Å². The summed E-state index contributed by atoms with van der Waals surface area (Å²) < 4.78 is 32.4. The molecule has 1 aliphatic heterocycles. The van der Waals surface area contributed by atoms with E-state index in [1.54, 1.807) is 74.9 Å². The summed E-state index contributed by atoms with van der Waals surface area (Å²) >= 11 is 0. The van der Waals surface area contributed by atoms with Crippen molar-refractivity contribution in [3.8, 4) is 34.5 Å². The monoisotopic (exact) mass is 491 g/mol. The van der Waals surface area contributed by atoms with Crippen LogP contribution in [0.3, 0.4) is 0 Å². The van der Waals surface area contributed by atoms with E-state index < -0.39 is 0 Å². The van der Waals surface area contributed by atoms with Gasteiger partial charge < -0.3 is 33.7 Å². The molecule has 0 radical (unpaired) electrons. The minimum Gasteiger partial charge on any atom is -0.497 e. The molecule has 1 N–H and O–H groups in total. The number of hydrogen-bond donors (Lipinski definition) is 1. The van der Waals surface area contributed by atoms with Crippen molar-refractivity contribution in [2.24, 2.45) is 0 Å². The van der Waals surface area contributed by atoms with E-state index in [1.807, 2.05) is 0 Å². The summed E-state index contributed by atoms with van der Waals surface area (Å²) in [5.41, 5.74) is 1.54. The molecule has 3 aromatic carbocycles. The summed E-state index contributed by atoms with van der Waals surface area (Å²) in [6.45, 7) is -0.256. The van der Waals surface area contributed by atoms with Crippen LogP contribution in [0.2, 0.25) is 0 Å². The molecule has 36 heavy (non-hydrogen) atoms. The molecule has 1 aliphatic rings. The number of fused-ring (bicyclic) bond motifs is 1. The number of benzene rings is 3. The van der Waals surface area contributed by atoms with Gasteiger partial charge in [-0.25, -0.2) is 0 Å². The second kappa shape index (κ2) is 10.7. The normalized spacial score (nSPS) is 13.0. The van der Waals surface area contributed by atoms with Gasteiger partial charge in [0.05, 0.1) is 39.7 Å². The first-order chi connectivity index (χ1) is 17.4. The fourth-order valence-electron chi connectivity index (χ4n) is 3.57. The molecular weight excluding hydrogens is 466 g/mol. The van der Waals surface area contributed by atoms with Gasteiger partial charge in [-0.05, 0) is 42.5 Å². The number of amides is 1. The van der Waals surface area contributed by atoms with Crippen LogP contribution >= 0.6 is 0 Å². The van der Waals surface area contributed by atoms with Crippen LogP contribution in [-0.4, -0.2) is 46.7 Å². The Morgan fingerprint density at radius 3 is 2.19 bits per heavy atom. The number of ether oxygens (including phenoxy) is 6. The van der Waals surface area contributed by atoms with Gasteiger partial charge in [0.1, 0.15) is 34.5 Å². The van der Waals surface area contributed by atoms with Crippen LogP contribution in [0.4, 0.5) is 5.69 Å². The number of anilines is 1. The van der Waals surface area contributed by atoms with Crippen LogP contribution in [0.25, 0.3) is 6.08 Å². The van der Waals surface area contributed by atoms with Crippen LogP contribution in [0.5, 0.6) is 34.5 Å². The number of ketones is 1. The van der Waals surface area contributed by atoms with Crippen LogP contribution in [-0.2, 0) is 4.79 Å². The van der Waals surface area contributed by atoms with E-state index in [0.717, 1.165) is 0 Å². The van der Waals surface area contributed by atoms with Gasteiger partial charge in [-0.1, -0.05) is 0 Å². The number of carbonyl (C=O) groups is 2. The first-order valence-corrected chi connectivity index (χ1v) is 10.9. The fourth-order valence-corrected chi connectivity index (χ4v) is 3.57. The molecule has 9 nitrogen and oxygen atoms in total. The molecule has 0 spiro atoms. The third kappa shape index (κ3) is 5.20. The smallest absolute Gasteiger partial charge is 0.262 e. The lowest BCUT2D eigenvalue weighted by Gasteiger charge is -2.12. The zero-order chi connectivity index (χ0) is 25.7. The predicted octanol–water partition coefficient (Wildman–Crippen LogP) is 4.35. The molecule has 1 amide bonds. The molecule has 0 atom stereocenters. The van der Waals surface area contributed by atoms with Crippen molar-refractivity contribution in [2.75, 3.05) is 40.4 Å². The molecule has 0 fully saturated rings. The van der Waals surface area contributed by atoms with Crippen LogP contribution in [0.1, 0.15) is 15.9 Å². The van der Waals surface area contributed by atoms with Crippen LogP contribution in [0.15, 0.2) is 60.4 Å². The molecule has 0 saturated carbocycles. The van der Waals surface area contributed by atoms with E-state index in [2.05, 4.69) is 5.32 Å². The Morgan fingerprint density at radius 1 is 0.833 bits per heavy atom. The molecule has 0 aliphatic carbocycles. The highest BCUT2D eigenvalue weighted by molar-refractivity contribution is 6.14. The summed E-state index contributed by atoms with van der Waals surface area (Å²) in [5, 5.41) is 2.74. The minimum atomic E-state index is -0.386. The predicted molar refractivity (Wildman–Crippen MR) is 133 cm³/mol. The number of hydrogen-bond acceptors (Lipinski definition) is 8. The fraction of sp³-hybridized carbons (Fsp3) is 0.185. The maximum atomic E-state index is 12.8. The van der Waals surface area contributed by atoms with Gasteiger partial charge in [0.2, 0.25) is 5.78 Å². The maximum Gasteiger partial charge on any atom is 0.262 e. The molecule has 1 heterocycles. The van der Waals surface area contributed by atoms with E-state index in [-0.39, 0.29) is 24.1 Å². The van der Waals surface area contributed by atoms with E-state index >= 15 is 0 Å². The van der Waals surface area contributed by atoms with Gasteiger partial charge in [-0.3, -0.25) is 9.59 Å². The molecule has 4 rings (SSSR count). The minimum absolute atomic E-state index is 0.148. The van der Waals surface area contributed by atoms with Gasteiger partial charge in [-0.15, -0.1) is 0 Å². The average molecular weight is 491 g/mol. The number of nitrogens with one attached hydrogen (secondary N) is 1. The first kappa shape index (κ1) is 24.5. The van der Waals surface area contributed by atoms with E-state index in [0.29, 0.717) is 51.3 Å². The Labute approximate surface area is 208 Å². The Hall–Kier alpha value is -4.66. The molecule has 0 aromatic heterocycles. The largest absolute Gasteiger partial charge is 0.497 e. The number of Topliss-reactive ketones (excluding diaryl/α,β-unsaturated/α-hetero) is 1. The number of allylic oxidation sites excluding steroid dienone is 1. The van der Waals surface area contributed by atoms with Crippen LogP contribution in [0, 0.1) is 0 Å². The molecule has 0 saturated heterocycles. The van der Waals surface area contributed by atoms with E-state index in [9.17, 15) is 9.59 Å². The highest BCUT2D eigenvalue weighted by atomic mass is 16.5. The molecule has 9 heteroatoms. The summed E-state index contributed by atoms with van der Waals surface area (Å²) in [6, 6.07) is 15.1. The zero-order valence-corrected chi connectivity index (χ0v) is 20.2. The third-order valence-corrected chi connectivity index (χ3v) is 5.42. The van der Waals surface area contributed by atoms with Crippen molar-refractivity contribution in [1.82, 2.24) is 0 Å². The number of carbonyl (C=O) groups excluding carboxylic acids is 2. The lowest BCUT2D eigenvalue weighted by Crippen LogP contribution is -2.20. The number of methoxy groups -OCH3 is 4. The summed E-state index contributed by atoms with van der Waals surface area (Å²) in [4.78, 5) is 25.2. The SMILES string of the molecule is COc1ccc(C=C2Oc3cc(OCC(=O)Nc4ccc(OC)cc4OC)ccc3C2=O)c(OC)c1. The summed E-state index contributed by atoms with van der Waals surface area (Å²) in [6.07, 6.45) is 1.61. The average Bonchev–Trinajstić information content (AvgIpc) is 3.21. The Bertz CT molecular complexity index is 1330. The van der Waals surface area contributed by atoms with Crippen molar-refractivity contribution in [3.63, 3.8) is 0 Å². The third-order valence-electron chi connectivity index (χ3n) is 5.42. The summed E-state index contributed by atoms with van der Waals surface area (Å²) in [7, 11) is 6.14. The summed E-state index contributed by atoms with van der Waals surface area (Å²) in [5.74, 6) is 2.45. The second-order valence-corrected chi connectivity index (χ2v) is 7.61. The molecule has 3 aromatic rings. The van der Waals surface area contributed by atoms with Gasteiger partial charge in [-0.2, -0.15) is 0 Å². The van der Waals surface area contributed by atoms with Crippen molar-refractivity contribution in [1.29, 1.82) is 0 Å². The highest BCUT2D eigenvalue weighted by Crippen LogP contribution is 2.36. The maximum absolute atomic E-state index is 12.8. The lowest BCUT2D eigenvalue weighted by atomic mass is 10.1. The molecule has 0 bridgehead atoms. The zero-order valence-electron chi connectivity index (χ0n) is 20.2. The molecule has 186 valence electrons. The van der Waals surface area contributed by atoms with Crippen molar-refractivity contribution < 1.29 is 38.0 Å². The van der Waals surface area contributed by atoms with Crippen molar-refractivity contribution in [3.05, 3.63) is 71.5 Å². The number of rotatable bonds is 9.